The maximum atomic E-state index is 13.2. The van der Waals surface area contributed by atoms with Gasteiger partial charge >= 0.3 is 0 Å². The molecule has 6 heteroatoms. The smallest absolute Gasteiger partial charge is 0.123 e. The zero-order valence-electron chi connectivity index (χ0n) is 15.0. The van der Waals surface area contributed by atoms with Crippen molar-refractivity contribution in [2.75, 3.05) is 22.5 Å². The normalized spacial score (nSPS) is 15.6. The van der Waals surface area contributed by atoms with E-state index in [4.69, 9.17) is 4.74 Å². The van der Waals surface area contributed by atoms with E-state index in [1.807, 2.05) is 41.6 Å². The van der Waals surface area contributed by atoms with Crippen LogP contribution < -0.4 is 14.1 Å². The average molecular weight is 381 g/mol. The summed E-state index contributed by atoms with van der Waals surface area (Å²) in [6, 6.07) is 14.6. The van der Waals surface area contributed by atoms with E-state index in [-0.39, 0.29) is 5.82 Å². The highest BCUT2D eigenvalue weighted by atomic mass is 32.2. The number of rotatable bonds is 6. The quantitative estimate of drug-likeness (QED) is 0.498. The molecule has 138 valence electrons. The molecule has 4 rings (SSSR count). The van der Waals surface area contributed by atoms with E-state index < -0.39 is 0 Å². The Hall–Kier alpha value is -2.86. The highest BCUT2D eigenvalue weighted by Gasteiger charge is 2.34. The first kappa shape index (κ1) is 17.5. The highest BCUT2D eigenvalue weighted by Crippen LogP contribution is 2.46. The first-order valence-corrected chi connectivity index (χ1v) is 9.54. The molecule has 4 nitrogen and oxygen atoms in total. The van der Waals surface area contributed by atoms with Gasteiger partial charge in [-0.2, -0.15) is 0 Å². The SMILES string of the molecule is C=CCN1C=C2SN(c3ccc(F)cc3)C=C2N1c1ccc(OCC)cc1. The number of halogens is 1. The van der Waals surface area contributed by atoms with Crippen LogP contribution in [0.3, 0.4) is 0 Å². The van der Waals surface area contributed by atoms with Crippen molar-refractivity contribution in [1.29, 1.82) is 0 Å². The minimum atomic E-state index is -0.233. The van der Waals surface area contributed by atoms with Crippen molar-refractivity contribution in [1.82, 2.24) is 5.01 Å². The highest BCUT2D eigenvalue weighted by molar-refractivity contribution is 8.05. The Balaban J connectivity index is 1.65. The molecule has 0 bridgehead atoms. The van der Waals surface area contributed by atoms with Crippen LogP contribution in [0.15, 0.2) is 84.2 Å². The Morgan fingerprint density at radius 1 is 1.04 bits per heavy atom. The maximum absolute atomic E-state index is 13.2. The van der Waals surface area contributed by atoms with Crippen LogP contribution in [0.4, 0.5) is 15.8 Å². The van der Waals surface area contributed by atoms with Gasteiger partial charge in [0, 0.05) is 12.4 Å². The molecule has 0 aliphatic carbocycles. The topological polar surface area (TPSA) is 19.0 Å². The third-order valence-electron chi connectivity index (χ3n) is 4.23. The van der Waals surface area contributed by atoms with Crippen molar-refractivity contribution >= 4 is 23.3 Å². The third kappa shape index (κ3) is 3.40. The van der Waals surface area contributed by atoms with Crippen LogP contribution in [0, 0.1) is 5.82 Å². The van der Waals surface area contributed by atoms with Crippen LogP contribution in [0.2, 0.25) is 0 Å². The Labute approximate surface area is 162 Å². The average Bonchev–Trinajstić information content (AvgIpc) is 3.21. The van der Waals surface area contributed by atoms with Gasteiger partial charge < -0.3 is 4.74 Å². The first-order chi connectivity index (χ1) is 13.2. The fraction of sp³-hybridized carbons (Fsp3) is 0.143. The molecule has 0 radical (unpaired) electrons. The molecule has 0 saturated heterocycles. The van der Waals surface area contributed by atoms with E-state index in [0.717, 1.165) is 27.7 Å². The van der Waals surface area contributed by atoms with Crippen LogP contribution in [-0.4, -0.2) is 18.2 Å². The molecule has 0 fully saturated rings. The molecular weight excluding hydrogens is 361 g/mol. The summed E-state index contributed by atoms with van der Waals surface area (Å²) in [6.45, 7) is 7.18. The molecule has 0 saturated carbocycles. The van der Waals surface area contributed by atoms with Gasteiger partial charge in [-0.05, 0) is 67.4 Å². The molecule has 2 heterocycles. The van der Waals surface area contributed by atoms with Gasteiger partial charge in [0.05, 0.1) is 35.1 Å². The van der Waals surface area contributed by atoms with Crippen LogP contribution in [-0.2, 0) is 0 Å². The van der Waals surface area contributed by atoms with Crippen molar-refractivity contribution in [3.05, 3.63) is 90.0 Å². The zero-order chi connectivity index (χ0) is 18.8. The number of benzene rings is 2. The minimum absolute atomic E-state index is 0.233. The van der Waals surface area contributed by atoms with Gasteiger partial charge in [-0.15, -0.1) is 6.58 Å². The number of nitrogens with zero attached hydrogens (tertiary/aromatic N) is 3. The minimum Gasteiger partial charge on any atom is -0.494 e. The lowest BCUT2D eigenvalue weighted by Gasteiger charge is -2.30. The monoisotopic (exact) mass is 381 g/mol. The second kappa shape index (κ2) is 7.40. The standard InChI is InChI=1S/C21H20FN3OS/c1-3-13-23-15-21-20(14-24(27-21)17-7-5-16(22)6-8-17)25(23)18-9-11-19(12-10-18)26-4-2/h3,5-12,14-15H,1,4,13H2,2H3. The van der Waals surface area contributed by atoms with Gasteiger partial charge in [-0.25, -0.2) is 4.39 Å². The van der Waals surface area contributed by atoms with Crippen molar-refractivity contribution in [3.63, 3.8) is 0 Å². The fourth-order valence-electron chi connectivity index (χ4n) is 3.05. The van der Waals surface area contributed by atoms with Gasteiger partial charge in [-0.3, -0.25) is 14.3 Å². The van der Waals surface area contributed by atoms with Gasteiger partial charge in [0.1, 0.15) is 11.6 Å². The van der Waals surface area contributed by atoms with Gasteiger partial charge in [0.2, 0.25) is 0 Å². The second-order valence-corrected chi connectivity index (χ2v) is 7.07. The first-order valence-electron chi connectivity index (χ1n) is 8.77. The molecule has 2 aromatic carbocycles. The van der Waals surface area contributed by atoms with E-state index in [9.17, 15) is 4.39 Å². The van der Waals surface area contributed by atoms with Crippen molar-refractivity contribution in [3.8, 4) is 5.75 Å². The molecule has 2 aromatic rings. The summed E-state index contributed by atoms with van der Waals surface area (Å²) in [5.74, 6) is 0.620. The number of hydrogen-bond donors (Lipinski definition) is 0. The molecule has 0 amide bonds. The van der Waals surface area contributed by atoms with Crippen LogP contribution in [0.25, 0.3) is 0 Å². The molecule has 0 N–H and O–H groups in total. The van der Waals surface area contributed by atoms with Crippen LogP contribution in [0.5, 0.6) is 5.75 Å². The van der Waals surface area contributed by atoms with Crippen LogP contribution in [0.1, 0.15) is 6.92 Å². The third-order valence-corrected chi connectivity index (χ3v) is 5.25. The number of ether oxygens (including phenoxy) is 1. The molecule has 2 aliphatic rings. The predicted molar refractivity (Wildman–Crippen MR) is 110 cm³/mol. The number of hydrogen-bond acceptors (Lipinski definition) is 5. The summed E-state index contributed by atoms with van der Waals surface area (Å²) in [4.78, 5) is 1.13. The molecule has 2 aliphatic heterocycles. The van der Waals surface area contributed by atoms with E-state index in [1.165, 1.54) is 12.1 Å². The molecule has 0 atom stereocenters. The summed E-state index contributed by atoms with van der Waals surface area (Å²) in [5.41, 5.74) is 3.06. The summed E-state index contributed by atoms with van der Waals surface area (Å²) in [6.07, 6.45) is 6.06. The summed E-state index contributed by atoms with van der Waals surface area (Å²) in [5, 5.41) is 4.28. The molecule has 0 aromatic heterocycles. The van der Waals surface area contributed by atoms with E-state index in [1.54, 1.807) is 24.1 Å². The van der Waals surface area contributed by atoms with E-state index in [0.29, 0.717) is 13.2 Å². The maximum Gasteiger partial charge on any atom is 0.123 e. The summed E-state index contributed by atoms with van der Waals surface area (Å²) < 4.78 is 20.8. The summed E-state index contributed by atoms with van der Waals surface area (Å²) in [7, 11) is 0. The molecule has 27 heavy (non-hydrogen) atoms. The van der Waals surface area contributed by atoms with Gasteiger partial charge in [-0.1, -0.05) is 6.08 Å². The Bertz CT molecular complexity index is 893. The van der Waals surface area contributed by atoms with Crippen molar-refractivity contribution in [2.24, 2.45) is 0 Å². The lowest BCUT2D eigenvalue weighted by atomic mass is 10.2. The lowest BCUT2D eigenvalue weighted by Crippen LogP contribution is -2.34. The van der Waals surface area contributed by atoms with E-state index >= 15 is 0 Å². The van der Waals surface area contributed by atoms with Gasteiger partial charge in [0.15, 0.2) is 0 Å². The lowest BCUT2D eigenvalue weighted by molar-refractivity contribution is 0.340. The summed E-state index contributed by atoms with van der Waals surface area (Å²) >= 11 is 1.62. The Morgan fingerprint density at radius 2 is 1.74 bits per heavy atom. The largest absolute Gasteiger partial charge is 0.494 e. The second-order valence-electron chi connectivity index (χ2n) is 6.05. The molecular formula is C21H20FN3OS. The molecule has 0 unspecified atom stereocenters. The van der Waals surface area contributed by atoms with E-state index in [2.05, 4.69) is 29.0 Å². The van der Waals surface area contributed by atoms with Crippen LogP contribution >= 0.6 is 11.9 Å². The van der Waals surface area contributed by atoms with Gasteiger partial charge in [0.25, 0.3) is 0 Å². The zero-order valence-corrected chi connectivity index (χ0v) is 15.8. The number of fused-ring (bicyclic) bond motifs is 1. The van der Waals surface area contributed by atoms with Crippen molar-refractivity contribution in [2.45, 2.75) is 6.92 Å². The fourth-order valence-corrected chi connectivity index (χ4v) is 4.05. The Morgan fingerprint density at radius 3 is 2.41 bits per heavy atom. The molecule has 0 spiro atoms. The number of hydrazine groups is 1. The number of anilines is 2. The van der Waals surface area contributed by atoms with Crippen molar-refractivity contribution < 1.29 is 9.13 Å². The Kier molecular flexibility index (Phi) is 4.81. The predicted octanol–water partition coefficient (Wildman–Crippen LogP) is 5.30.